The van der Waals surface area contributed by atoms with E-state index >= 15 is 0 Å². The first-order chi connectivity index (χ1) is 66.5. The molecule has 1 aliphatic carbocycles. The second kappa shape index (κ2) is 80.5. The van der Waals surface area contributed by atoms with E-state index in [2.05, 4.69) is 379 Å². The first-order valence-corrected chi connectivity index (χ1v) is 58.3. The van der Waals surface area contributed by atoms with Crippen LogP contribution >= 0.6 is 113 Å². The number of para-hydroxylation sites is 1. The van der Waals surface area contributed by atoms with Crippen LogP contribution in [0.1, 0.15) is 429 Å². The molecule has 1 aliphatic heterocycles. The van der Waals surface area contributed by atoms with Crippen molar-refractivity contribution in [3.8, 4) is 0 Å². The summed E-state index contributed by atoms with van der Waals surface area (Å²) >= 11 is 16.8. The molecule has 13 heterocycles. The normalized spacial score (nSPS) is 12.0. The predicted molar refractivity (Wildman–Crippen MR) is 687 cm³/mol. The fourth-order valence-corrected chi connectivity index (χ4v) is 21.5. The van der Waals surface area contributed by atoms with Crippen LogP contribution in [0.5, 0.6) is 0 Å². The smallest absolute Gasteiger partial charge is 0.197 e. The second-order valence-electron chi connectivity index (χ2n) is 39.1. The molecule has 1 saturated heterocycles. The van der Waals surface area contributed by atoms with Gasteiger partial charge >= 0.3 is 0 Å². The number of thiazole rings is 10. The number of nitrogens with one attached hydrogen (secondary N) is 9. The number of benzene rings is 1. The minimum atomic E-state index is 0. The van der Waals surface area contributed by atoms with Gasteiger partial charge in [0.25, 0.3) is 0 Å². The third kappa shape index (κ3) is 60.0. The van der Waals surface area contributed by atoms with Gasteiger partial charge in [-0.2, -0.15) is 0 Å². The molecular weight excluding hydrogens is 2050 g/mol. The van der Waals surface area contributed by atoms with Crippen LogP contribution in [0, 0.1) is 0 Å². The molecule has 0 radical (unpaired) electrons. The SMILES string of the molecule is C.C.C.C.C.C.C.C.C.C.CC(C)c1csc(N(C)C(C)C)n1.CC(C)c1csc(NC(C)(C)C)n1.CC(C)c1csc(NC2CCCC2)n1.CC(C)c1csc(NCC2CCCO2)n1.CC(C)c1csc(NCCN(C)C)n1.CC(C)c1csc(NN(C)C)n1.CC(C)c1csc(Nc2ccccc2)n1.CC(C)c1csc(Nc2ccccn2)n1.CC(C)c1csc(Nc2ccncc2)n1.CCC(CC)Nc1nc(C(C)C)cs1. The highest BCUT2D eigenvalue weighted by atomic mass is 32.1. The van der Waals surface area contributed by atoms with Crippen LogP contribution in [0.15, 0.2) is 133 Å². The minimum Gasteiger partial charge on any atom is -0.376 e. The molecule has 1 unspecified atom stereocenters. The summed E-state index contributed by atoms with van der Waals surface area (Å²) in [5, 5.41) is 60.0. The largest absolute Gasteiger partial charge is 0.376 e. The lowest BCUT2D eigenvalue weighted by Crippen LogP contribution is -2.25. The number of hydrogen-bond donors (Lipinski definition) is 9. The van der Waals surface area contributed by atoms with Gasteiger partial charge in [0.15, 0.2) is 51.3 Å². The molecule has 12 aromatic heterocycles. The maximum absolute atomic E-state index is 5.54. The van der Waals surface area contributed by atoms with Gasteiger partial charge in [-0.25, -0.2) is 59.8 Å². The van der Waals surface area contributed by atoms with E-state index in [0.29, 0.717) is 83.4 Å². The molecule has 9 N–H and O–H groups in total. The van der Waals surface area contributed by atoms with E-state index in [1.54, 1.807) is 132 Å². The number of hydrazine groups is 1. The van der Waals surface area contributed by atoms with E-state index in [1.165, 1.54) is 72.7 Å². The standard InChI is InChI=1S/C12H14N2S.2C11H13N3S.C11H18N2OS.C11H18N2S.C11H20N2S.C10H19N3S.2C10H18N2S.C8H15N3S.10CH4/c1-9(2)11-8-15-12(14-11)13-10-6-4-3-5-7-10;1-8(2)10-7-15-11(14-10)13-9-3-5-12-6-4-9;1-8(2)9-7-15-11(13-9)14-10-5-3-4-6-12-10;1-8(2)10-7-15-11(13-10)12-6-9-4-3-5-14-9;1-8(2)10-7-14-11(13-10)12-9-5-3-4-6-9;1-5-9(6-2)12-11-13-10(7-14-11)8(3)4;1-8(2)9-7-14-10(12-9)11-5-6-13(3)4;1-7(2)8-6-13-9(11-8)12-10(3,4)5;1-7(2)9-6-13-10(11-9)12(5)8(3)4;1-6(2)7-5-12-8(9-7)10-11(3)4;;;;;;;;;;/h3-9H,1-2H3,(H,13,14);2*3-8H,1-2H3,(H,12,13,14);7-9H,3-6H2,1-2H3,(H,12,13);7-9H,3-6H2,1-2H3,(H,12,13);7-9H,5-6H2,1-4H3,(H,12,13);7-8H,5-6H2,1-4H3,(H,11,12);6-7H,1-5H3,(H,11,12);6-8H,1-5H3;5-6H,1-4H3,(H,9,10);10*1H4. The van der Waals surface area contributed by atoms with Crippen molar-refractivity contribution in [1.82, 2.24) is 69.7 Å². The minimum absolute atomic E-state index is 0. The Hall–Kier alpha value is -8.30. The van der Waals surface area contributed by atoms with Crippen LogP contribution in [0.4, 0.5) is 68.5 Å². The summed E-state index contributed by atoms with van der Waals surface area (Å²) in [4.78, 5) is 57.6. The molecule has 0 bridgehead atoms. The number of anilines is 13. The van der Waals surface area contributed by atoms with E-state index in [1.807, 2.05) is 79.8 Å². The van der Waals surface area contributed by atoms with E-state index in [0.717, 1.165) is 130 Å². The maximum atomic E-state index is 5.54. The molecule has 1 atom stereocenters. The van der Waals surface area contributed by atoms with Crippen molar-refractivity contribution in [2.75, 3.05) is 114 Å². The molecule has 150 heavy (non-hydrogen) atoms. The molecule has 0 amide bonds. The Morgan fingerprint density at radius 1 is 0.360 bits per heavy atom. The zero-order valence-corrected chi connectivity index (χ0v) is 97.7. The number of pyridine rings is 2. The Morgan fingerprint density at radius 2 is 0.707 bits per heavy atom. The molecule has 25 nitrogen and oxygen atoms in total. The van der Waals surface area contributed by atoms with Crippen molar-refractivity contribution < 1.29 is 4.74 Å². The molecule has 13 aromatic rings. The monoisotopic (exact) mass is 2260 g/mol. The summed E-state index contributed by atoms with van der Waals surface area (Å²) in [6.45, 7) is 62.2. The summed E-state index contributed by atoms with van der Waals surface area (Å²) in [7, 11) is 10.1. The van der Waals surface area contributed by atoms with Gasteiger partial charge < -0.3 is 57.1 Å². The zero-order chi connectivity index (χ0) is 103. The summed E-state index contributed by atoms with van der Waals surface area (Å²) in [6, 6.07) is 21.5. The van der Waals surface area contributed by atoms with Crippen molar-refractivity contribution >= 4 is 182 Å². The zero-order valence-electron chi connectivity index (χ0n) is 89.5. The van der Waals surface area contributed by atoms with Crippen molar-refractivity contribution in [2.45, 2.75) is 402 Å². The summed E-state index contributed by atoms with van der Waals surface area (Å²) < 4.78 is 5.54. The molecule has 2 aliphatic rings. The molecule has 1 aromatic carbocycles. The topological polar surface area (TPSA) is 282 Å². The third-order valence-corrected chi connectivity index (χ3v) is 29.2. The highest BCUT2D eigenvalue weighted by Crippen LogP contribution is 2.34. The second-order valence-corrected chi connectivity index (χ2v) is 47.7. The Balaban J connectivity index is -0.000000516. The number of hydrogen-bond acceptors (Lipinski definition) is 35. The van der Waals surface area contributed by atoms with Gasteiger partial charge in [0, 0.05) is 155 Å². The molecular formula is C115H206N24OS10. The Morgan fingerprint density at radius 3 is 1.08 bits per heavy atom. The van der Waals surface area contributed by atoms with Gasteiger partial charge in [-0.1, -0.05) is 264 Å². The molecule has 0 spiro atoms. The Kier molecular flexibility index (Phi) is 80.6. The lowest BCUT2D eigenvalue weighted by molar-refractivity contribution is 0.120. The third-order valence-electron chi connectivity index (χ3n) is 21.2. The van der Waals surface area contributed by atoms with Crippen molar-refractivity contribution in [1.29, 1.82) is 0 Å². The number of ether oxygens (including phenoxy) is 1. The molecule has 1 saturated carbocycles. The summed E-state index contributed by atoms with van der Waals surface area (Å²) in [6.07, 6.45) is 15.7. The fourth-order valence-electron chi connectivity index (χ4n) is 12.0. The van der Waals surface area contributed by atoms with Gasteiger partial charge in [-0.15, -0.1) is 113 Å². The molecule has 15 rings (SSSR count). The lowest BCUT2D eigenvalue weighted by atomic mass is 10.1. The molecule has 35 heteroatoms. The van der Waals surface area contributed by atoms with Gasteiger partial charge in [0.2, 0.25) is 0 Å². The van der Waals surface area contributed by atoms with Crippen molar-refractivity contribution in [3.05, 3.63) is 190 Å². The van der Waals surface area contributed by atoms with E-state index in [9.17, 15) is 0 Å². The van der Waals surface area contributed by atoms with Gasteiger partial charge in [0.05, 0.1) is 63.0 Å². The lowest BCUT2D eigenvalue weighted by Gasteiger charge is -2.19. The summed E-state index contributed by atoms with van der Waals surface area (Å²) in [5.41, 5.74) is 17.1. The van der Waals surface area contributed by atoms with Crippen LogP contribution in [-0.4, -0.2) is 161 Å². The first kappa shape index (κ1) is 150. The molecule has 852 valence electrons. The summed E-state index contributed by atoms with van der Waals surface area (Å²) in [5.74, 6) is 5.96. The van der Waals surface area contributed by atoms with Gasteiger partial charge in [-0.3, -0.25) is 10.4 Å². The maximum Gasteiger partial charge on any atom is 0.197 e. The van der Waals surface area contributed by atoms with E-state index < -0.39 is 0 Å². The number of aromatic nitrogens is 12. The first-order valence-electron chi connectivity index (χ1n) is 49.5. The Labute approximate surface area is 954 Å². The van der Waals surface area contributed by atoms with Crippen molar-refractivity contribution in [2.24, 2.45) is 0 Å². The average Bonchev–Trinajstić information content (AvgIpc) is 1.70. The van der Waals surface area contributed by atoms with Crippen LogP contribution in [0.3, 0.4) is 0 Å². The quantitative estimate of drug-likeness (QED) is 0.0169. The van der Waals surface area contributed by atoms with Crippen LogP contribution in [-0.2, 0) is 4.74 Å². The fraction of sp³-hybridized carbons (Fsp3) is 0.600. The Bertz CT molecular complexity index is 5080. The van der Waals surface area contributed by atoms with Crippen molar-refractivity contribution in [3.63, 3.8) is 0 Å². The van der Waals surface area contributed by atoms with Crippen LogP contribution in [0.2, 0.25) is 0 Å². The van der Waals surface area contributed by atoms with E-state index in [-0.39, 0.29) is 79.8 Å². The molecule has 2 fully saturated rings. The average molecular weight is 2260 g/mol. The highest BCUT2D eigenvalue weighted by Gasteiger charge is 2.21. The highest BCUT2D eigenvalue weighted by molar-refractivity contribution is 7.16. The van der Waals surface area contributed by atoms with Crippen LogP contribution < -0.4 is 52.9 Å². The van der Waals surface area contributed by atoms with E-state index in [4.69, 9.17) is 4.74 Å². The number of rotatable bonds is 34. The van der Waals surface area contributed by atoms with Gasteiger partial charge in [0.1, 0.15) is 5.82 Å². The predicted octanol–water partition coefficient (Wildman–Crippen LogP) is 38.5. The number of likely N-dealkylation sites (N-methyl/N-ethyl adjacent to an activating group) is 1. The van der Waals surface area contributed by atoms with Gasteiger partial charge in [-0.05, 0) is 183 Å². The van der Waals surface area contributed by atoms with Crippen LogP contribution in [0.25, 0.3) is 0 Å². The number of nitrogens with zero attached hydrogens (tertiary/aromatic N) is 15.